The van der Waals surface area contributed by atoms with Gasteiger partial charge in [-0.15, -0.1) is 17.0 Å². The minimum absolute atomic E-state index is 0.0420. The maximum atomic E-state index is 10.9. The zero-order valence-electron chi connectivity index (χ0n) is 20.9. The average molecular weight is 531 g/mol. The summed E-state index contributed by atoms with van der Waals surface area (Å²) in [6.07, 6.45) is 3.88. The molecule has 2 atom stereocenters. The van der Waals surface area contributed by atoms with Crippen molar-refractivity contribution in [2.45, 2.75) is 51.6 Å². The summed E-state index contributed by atoms with van der Waals surface area (Å²) in [6, 6.07) is 5.41. The zero-order chi connectivity index (χ0) is 27.5. The third-order valence-corrected chi connectivity index (χ3v) is 5.41. The van der Waals surface area contributed by atoms with Crippen molar-refractivity contribution in [3.05, 3.63) is 46.1 Å². The van der Waals surface area contributed by atoms with E-state index in [2.05, 4.69) is 23.7 Å². The molecule has 0 saturated carbocycles. The molecule has 0 aliphatic carbocycles. The minimum Gasteiger partial charge on any atom is -0.480 e. The first kappa shape index (κ1) is 33.1. The van der Waals surface area contributed by atoms with Crippen molar-refractivity contribution in [3.63, 3.8) is 0 Å². The first-order chi connectivity index (χ1) is 17.1. The molecule has 2 aromatic rings. The number of benzene rings is 1. The van der Waals surface area contributed by atoms with Crippen molar-refractivity contribution in [3.8, 4) is 0 Å². The van der Waals surface area contributed by atoms with Crippen LogP contribution in [0.15, 0.2) is 30.5 Å². The minimum atomic E-state index is -1.25. The number of nitrogens with one attached hydrogen (secondary N) is 2. The van der Waals surface area contributed by atoms with E-state index >= 15 is 0 Å². The smallest absolute Gasteiger partial charge is 0.332 e. The number of aromatic nitrogens is 1. The number of H-pyrrole nitrogens is 1. The molecule has 1 aromatic heterocycles. The number of aliphatic carboxylic acids is 2. The summed E-state index contributed by atoms with van der Waals surface area (Å²) in [5.74, 6) is -1.43. The van der Waals surface area contributed by atoms with Gasteiger partial charge < -0.3 is 31.6 Å². The number of carbonyl (C=O) groups is 2. The predicted octanol–water partition coefficient (Wildman–Crippen LogP) is 2.04. The summed E-state index contributed by atoms with van der Waals surface area (Å²) in [5, 5.41) is 27.6. The van der Waals surface area contributed by atoms with E-state index in [0.717, 1.165) is 54.8 Å². The lowest BCUT2D eigenvalue weighted by molar-refractivity contribution is -0.548. The number of carboxylic acids is 2. The second-order valence-corrected chi connectivity index (χ2v) is 8.16. The third kappa shape index (κ3) is 13.8. The van der Waals surface area contributed by atoms with Crippen LogP contribution in [0.1, 0.15) is 38.7 Å². The molecular formula is C23H39ClN6O6. The van der Waals surface area contributed by atoms with E-state index in [1.807, 2.05) is 24.3 Å². The van der Waals surface area contributed by atoms with Crippen molar-refractivity contribution >= 4 is 34.4 Å². The molecule has 36 heavy (non-hydrogen) atoms. The van der Waals surface area contributed by atoms with E-state index in [4.69, 9.17) is 33.3 Å². The molecule has 1 heterocycles. The normalized spacial score (nSPS) is 12.1. The molecule has 0 bridgehead atoms. The number of para-hydroxylation sites is 1. The summed E-state index contributed by atoms with van der Waals surface area (Å²) in [5.41, 5.74) is 13.8. The average Bonchev–Trinajstić information content (AvgIpc) is 3.25. The second-order valence-electron chi connectivity index (χ2n) is 7.79. The number of hydrazine groups is 1. The zero-order valence-corrected chi connectivity index (χ0v) is 21.6. The number of hydrogen-bond donors (Lipinski definition) is 6. The summed E-state index contributed by atoms with van der Waals surface area (Å²) in [7, 11) is 0. The Bertz CT molecular complexity index is 908. The molecule has 12 nitrogen and oxygen atoms in total. The van der Waals surface area contributed by atoms with Gasteiger partial charge in [0.25, 0.3) is 0 Å². The molecule has 2 rings (SSSR count). The number of unbranched alkanes of at least 4 members (excludes halogenated alkanes) is 1. The van der Waals surface area contributed by atoms with Gasteiger partial charge in [0.1, 0.15) is 6.04 Å². The lowest BCUT2D eigenvalue weighted by Crippen LogP contribution is -2.41. The fourth-order valence-electron chi connectivity index (χ4n) is 3.13. The van der Waals surface area contributed by atoms with Gasteiger partial charge in [0.15, 0.2) is 11.1 Å². The van der Waals surface area contributed by atoms with E-state index in [1.54, 1.807) is 11.6 Å². The van der Waals surface area contributed by atoms with E-state index < -0.39 is 29.1 Å². The fourth-order valence-corrected chi connectivity index (χ4v) is 3.37. The summed E-state index contributed by atoms with van der Waals surface area (Å²) < 4.78 is 0. The molecular weight excluding hydrogens is 492 g/mol. The van der Waals surface area contributed by atoms with E-state index in [9.17, 15) is 19.7 Å². The van der Waals surface area contributed by atoms with E-state index in [0.29, 0.717) is 13.0 Å². The van der Waals surface area contributed by atoms with E-state index in [-0.39, 0.29) is 6.42 Å². The van der Waals surface area contributed by atoms with Crippen molar-refractivity contribution in [1.29, 1.82) is 0 Å². The number of alkyl halides is 1. The monoisotopic (exact) mass is 530 g/mol. The molecule has 0 radical (unpaired) electrons. The number of carboxylic acid groups (broad SMARTS) is 2. The van der Waals surface area contributed by atoms with Crippen LogP contribution < -0.4 is 16.9 Å². The number of halogens is 1. The van der Waals surface area contributed by atoms with Gasteiger partial charge in [-0.25, -0.2) is 14.9 Å². The summed E-state index contributed by atoms with van der Waals surface area (Å²) >= 11 is 5.51. The molecule has 0 amide bonds. The number of nitrogens with two attached hydrogens (primary N) is 2. The van der Waals surface area contributed by atoms with Gasteiger partial charge in [-0.3, -0.25) is 4.79 Å². The second kappa shape index (κ2) is 19.3. The Morgan fingerprint density at radius 2 is 1.83 bits per heavy atom. The number of rotatable bonds is 14. The number of aromatic amines is 1. The van der Waals surface area contributed by atoms with Crippen LogP contribution in [0.2, 0.25) is 0 Å². The Hall–Kier alpha value is -2.93. The van der Waals surface area contributed by atoms with Gasteiger partial charge in [-0.05, 0) is 44.1 Å². The van der Waals surface area contributed by atoms with Crippen LogP contribution in [-0.2, 0) is 16.0 Å². The molecule has 1 aromatic carbocycles. The summed E-state index contributed by atoms with van der Waals surface area (Å²) in [4.78, 5) is 36.7. The van der Waals surface area contributed by atoms with Crippen LogP contribution in [0, 0.1) is 10.1 Å². The third-order valence-electron chi connectivity index (χ3n) is 5.24. The lowest BCUT2D eigenvalue weighted by atomic mass is 10.1. The Labute approximate surface area is 216 Å². The highest BCUT2D eigenvalue weighted by Gasteiger charge is 2.23. The molecule has 0 aliphatic rings. The molecule has 0 saturated heterocycles. The van der Waals surface area contributed by atoms with Gasteiger partial charge in [-0.2, -0.15) is 0 Å². The van der Waals surface area contributed by atoms with Crippen LogP contribution in [0.3, 0.4) is 0 Å². The maximum absolute atomic E-state index is 10.9. The van der Waals surface area contributed by atoms with Crippen LogP contribution in [0.4, 0.5) is 0 Å². The lowest BCUT2D eigenvalue weighted by Gasteiger charge is -2.14. The van der Waals surface area contributed by atoms with Crippen LogP contribution in [0.5, 0.6) is 0 Å². The predicted molar refractivity (Wildman–Crippen MR) is 141 cm³/mol. The molecule has 2 unspecified atom stereocenters. The highest BCUT2D eigenvalue weighted by atomic mass is 35.5. The van der Waals surface area contributed by atoms with Crippen molar-refractivity contribution < 1.29 is 24.8 Å². The Morgan fingerprint density at radius 1 is 1.19 bits per heavy atom. The largest absolute Gasteiger partial charge is 0.480 e. The quantitative estimate of drug-likeness (QED) is 0.0907. The molecule has 13 heteroatoms. The van der Waals surface area contributed by atoms with Gasteiger partial charge in [0.2, 0.25) is 0 Å². The topological polar surface area (TPSA) is 201 Å². The Balaban J connectivity index is 0.000000578. The number of hydrogen-bond acceptors (Lipinski definition) is 7. The number of nitro groups is 1. The van der Waals surface area contributed by atoms with Crippen LogP contribution in [-0.4, -0.2) is 81.2 Å². The van der Waals surface area contributed by atoms with Crippen molar-refractivity contribution in [2.24, 2.45) is 11.5 Å². The highest BCUT2D eigenvalue weighted by Crippen LogP contribution is 2.19. The molecule has 204 valence electrons. The van der Waals surface area contributed by atoms with Gasteiger partial charge in [0.05, 0.1) is 0 Å². The summed E-state index contributed by atoms with van der Waals surface area (Å²) in [6.45, 7) is 8.15. The number of nitrogens with zero attached hydrogens (tertiary/aromatic N) is 2. The standard InChI is InChI=1S/C11H11N3O4.C6H14ClN.C6H14N2O2/c15-11(16)10(13-14(17)18)5-7-6-12-9-4-2-1-3-8(7)9;1-3-8(4-2)6-5-7;7-4-2-1-3-5(8)6(9)10/h1-4,6,10,12-13H,5H2,(H,15,16);3-6H2,1-2H3;5H,1-4,7-8H2,(H,9,10). The maximum Gasteiger partial charge on any atom is 0.332 e. The van der Waals surface area contributed by atoms with Gasteiger partial charge in [0, 0.05) is 35.9 Å². The molecule has 0 aliphatic heterocycles. The molecule has 0 spiro atoms. The van der Waals surface area contributed by atoms with Crippen molar-refractivity contribution in [1.82, 2.24) is 15.3 Å². The molecule has 8 N–H and O–H groups in total. The van der Waals surface area contributed by atoms with Crippen LogP contribution >= 0.6 is 11.6 Å². The molecule has 0 fully saturated rings. The Kier molecular flexibility index (Phi) is 17.7. The van der Waals surface area contributed by atoms with E-state index in [1.165, 1.54) is 0 Å². The Morgan fingerprint density at radius 3 is 2.31 bits per heavy atom. The van der Waals surface area contributed by atoms with Gasteiger partial charge in [-0.1, -0.05) is 38.5 Å². The first-order valence-corrected chi connectivity index (χ1v) is 12.3. The number of fused-ring (bicyclic) bond motifs is 1. The SMILES string of the molecule is CCN(CC)CCCl.NCCCCC(N)C(=O)O.O=C(O)C(Cc1c[nH]c2ccccc12)N[N+](=O)[O-]. The van der Waals surface area contributed by atoms with Crippen molar-refractivity contribution in [2.75, 3.05) is 32.1 Å². The van der Waals surface area contributed by atoms with Gasteiger partial charge >= 0.3 is 11.9 Å². The highest BCUT2D eigenvalue weighted by molar-refractivity contribution is 6.18. The fraction of sp³-hybridized carbons (Fsp3) is 0.565. The first-order valence-electron chi connectivity index (χ1n) is 11.8. The van der Waals surface area contributed by atoms with Crippen LogP contribution in [0.25, 0.3) is 10.9 Å².